The number of rotatable bonds is 11. The van der Waals surface area contributed by atoms with Crippen molar-refractivity contribution < 1.29 is 48.1 Å². The van der Waals surface area contributed by atoms with Crippen molar-refractivity contribution in [3.05, 3.63) is 11.6 Å². The van der Waals surface area contributed by atoms with Gasteiger partial charge in [-0.2, -0.15) is 0 Å². The standard InChI is InChI=1S/C37H53NO10/c1-22(39)48-37(16-12-28-26-7-6-24-18-25(40)10-14-35(24,4)27(26)11-15-36(28,37)5)30(41)21-46-33(45)9-8-31(42)38-29(19-32(43)44)23-13-17-47-34(2,3)20-23/h18,23,26-29H,6-17,19-21H2,1-5H3,(H,38,42)(H,43,44). The second-order valence-electron chi connectivity index (χ2n) is 16.1. The maximum absolute atomic E-state index is 14.0. The molecule has 5 rings (SSSR count). The summed E-state index contributed by atoms with van der Waals surface area (Å²) >= 11 is 0. The minimum atomic E-state index is -1.41. The van der Waals surface area contributed by atoms with Gasteiger partial charge in [-0.05, 0) is 107 Å². The van der Waals surface area contributed by atoms with Crippen molar-refractivity contribution in [3.8, 4) is 0 Å². The lowest BCUT2D eigenvalue weighted by Crippen LogP contribution is -2.59. The summed E-state index contributed by atoms with van der Waals surface area (Å²) in [6.45, 7) is 9.43. The summed E-state index contributed by atoms with van der Waals surface area (Å²) in [7, 11) is 0. The first-order valence-corrected chi connectivity index (χ1v) is 17.8. The fraction of sp³-hybridized carbons (Fsp3) is 0.784. The number of carbonyl (C=O) groups is 6. The quantitative estimate of drug-likeness (QED) is 0.290. The first-order chi connectivity index (χ1) is 22.5. The number of nitrogens with one attached hydrogen (secondary N) is 1. The molecule has 0 aromatic carbocycles. The zero-order valence-corrected chi connectivity index (χ0v) is 29.2. The van der Waals surface area contributed by atoms with E-state index in [2.05, 4.69) is 19.2 Å². The predicted octanol–water partition coefficient (Wildman–Crippen LogP) is 4.88. The van der Waals surface area contributed by atoms with Gasteiger partial charge in [0, 0.05) is 37.8 Å². The molecule has 1 saturated heterocycles. The molecule has 266 valence electrons. The minimum absolute atomic E-state index is 0.0360. The number of carboxylic acids is 1. The van der Waals surface area contributed by atoms with E-state index in [4.69, 9.17) is 14.2 Å². The predicted molar refractivity (Wildman–Crippen MR) is 173 cm³/mol. The van der Waals surface area contributed by atoms with E-state index in [1.807, 2.05) is 19.9 Å². The van der Waals surface area contributed by atoms with E-state index in [1.165, 1.54) is 12.5 Å². The summed E-state index contributed by atoms with van der Waals surface area (Å²) in [5, 5.41) is 12.2. The van der Waals surface area contributed by atoms with Crippen molar-refractivity contribution in [2.75, 3.05) is 13.2 Å². The maximum Gasteiger partial charge on any atom is 0.306 e. The zero-order valence-electron chi connectivity index (χ0n) is 29.2. The third-order valence-corrected chi connectivity index (χ3v) is 12.8. The number of aliphatic carboxylic acids is 1. The van der Waals surface area contributed by atoms with Gasteiger partial charge in [0.05, 0.1) is 18.4 Å². The van der Waals surface area contributed by atoms with Crippen molar-refractivity contribution in [1.29, 1.82) is 0 Å². The molecule has 8 atom stereocenters. The van der Waals surface area contributed by atoms with Gasteiger partial charge in [-0.1, -0.05) is 19.4 Å². The number of hydrogen-bond acceptors (Lipinski definition) is 9. The molecule has 1 aliphatic heterocycles. The van der Waals surface area contributed by atoms with Gasteiger partial charge in [0.1, 0.15) is 0 Å². The van der Waals surface area contributed by atoms with Crippen molar-refractivity contribution >= 4 is 35.4 Å². The molecule has 11 heteroatoms. The summed E-state index contributed by atoms with van der Waals surface area (Å²) in [4.78, 5) is 75.9. The first-order valence-electron chi connectivity index (χ1n) is 17.8. The van der Waals surface area contributed by atoms with Crippen LogP contribution in [0.1, 0.15) is 118 Å². The van der Waals surface area contributed by atoms with E-state index < -0.39 is 58.9 Å². The molecular weight excluding hydrogens is 618 g/mol. The fourth-order valence-corrected chi connectivity index (χ4v) is 10.5. The van der Waals surface area contributed by atoms with Gasteiger partial charge in [-0.25, -0.2) is 0 Å². The third-order valence-electron chi connectivity index (χ3n) is 12.8. The molecule has 1 amide bonds. The van der Waals surface area contributed by atoms with Crippen LogP contribution in [-0.4, -0.2) is 70.9 Å². The van der Waals surface area contributed by atoms with E-state index in [1.54, 1.807) is 0 Å². The number of carboxylic acid groups (broad SMARTS) is 1. The highest BCUT2D eigenvalue weighted by Crippen LogP contribution is 2.68. The van der Waals surface area contributed by atoms with Crippen molar-refractivity contribution in [2.45, 2.75) is 135 Å². The number of hydrogen-bond donors (Lipinski definition) is 2. The van der Waals surface area contributed by atoms with Crippen LogP contribution in [0.2, 0.25) is 0 Å². The lowest BCUT2D eigenvalue weighted by molar-refractivity contribution is -0.191. The molecular formula is C37H53NO10. The smallest absolute Gasteiger partial charge is 0.306 e. The van der Waals surface area contributed by atoms with Crippen molar-refractivity contribution in [2.24, 2.45) is 34.5 Å². The molecule has 0 aromatic rings. The summed E-state index contributed by atoms with van der Waals surface area (Å²) in [5.41, 5.74) is -1.23. The Morgan fingerprint density at radius 3 is 2.40 bits per heavy atom. The normalized spacial score (nSPS) is 35.9. The molecule has 8 unspecified atom stereocenters. The number of Topliss-reactive ketones (excluding diaryl/α,β-unsaturated/α-hetero) is 1. The highest BCUT2D eigenvalue weighted by atomic mass is 16.6. The van der Waals surface area contributed by atoms with Crippen LogP contribution in [0, 0.1) is 34.5 Å². The fourth-order valence-electron chi connectivity index (χ4n) is 10.5. The van der Waals surface area contributed by atoms with Gasteiger partial charge < -0.3 is 24.6 Å². The van der Waals surface area contributed by atoms with Crippen LogP contribution in [0.3, 0.4) is 0 Å². The molecule has 4 aliphatic carbocycles. The third kappa shape index (κ3) is 6.98. The Kier molecular flexibility index (Phi) is 10.3. The summed E-state index contributed by atoms with van der Waals surface area (Å²) in [6.07, 6.45) is 8.19. The molecule has 2 N–H and O–H groups in total. The molecule has 5 aliphatic rings. The number of amides is 1. The average molecular weight is 672 g/mol. The van der Waals surface area contributed by atoms with Crippen LogP contribution < -0.4 is 5.32 Å². The van der Waals surface area contributed by atoms with E-state index in [0.29, 0.717) is 50.5 Å². The molecule has 0 aromatic heterocycles. The molecule has 1 heterocycles. The number of fused-ring (bicyclic) bond motifs is 5. The van der Waals surface area contributed by atoms with E-state index in [9.17, 15) is 33.9 Å². The molecule has 0 spiro atoms. The van der Waals surface area contributed by atoms with Crippen LogP contribution in [-0.2, 0) is 43.0 Å². The van der Waals surface area contributed by atoms with Crippen LogP contribution in [0.15, 0.2) is 11.6 Å². The van der Waals surface area contributed by atoms with Gasteiger partial charge in [-0.3, -0.25) is 28.8 Å². The Balaban J connectivity index is 1.20. The molecule has 4 fully saturated rings. The van der Waals surface area contributed by atoms with Gasteiger partial charge in [0.15, 0.2) is 18.0 Å². The number of esters is 2. The van der Waals surface area contributed by atoms with Crippen LogP contribution in [0.25, 0.3) is 0 Å². The largest absolute Gasteiger partial charge is 0.481 e. The Morgan fingerprint density at radius 1 is 0.979 bits per heavy atom. The molecule has 48 heavy (non-hydrogen) atoms. The lowest BCUT2D eigenvalue weighted by atomic mass is 9.46. The van der Waals surface area contributed by atoms with Crippen molar-refractivity contribution in [3.63, 3.8) is 0 Å². The van der Waals surface area contributed by atoms with Gasteiger partial charge >= 0.3 is 17.9 Å². The second-order valence-corrected chi connectivity index (χ2v) is 16.1. The molecule has 0 bridgehead atoms. The number of ketones is 2. The number of ether oxygens (including phenoxy) is 3. The second kappa shape index (κ2) is 13.7. The highest BCUT2D eigenvalue weighted by Gasteiger charge is 2.68. The van der Waals surface area contributed by atoms with E-state index >= 15 is 0 Å². The Labute approximate surface area is 283 Å². The molecule has 0 radical (unpaired) electrons. The van der Waals surface area contributed by atoms with Gasteiger partial charge in [0.2, 0.25) is 11.7 Å². The van der Waals surface area contributed by atoms with Crippen LogP contribution in [0.4, 0.5) is 0 Å². The summed E-state index contributed by atoms with van der Waals surface area (Å²) in [6, 6.07) is -0.597. The summed E-state index contributed by atoms with van der Waals surface area (Å²) < 4.78 is 17.1. The lowest BCUT2D eigenvalue weighted by Gasteiger charge is -2.59. The Hall–Kier alpha value is -3.08. The number of carbonyl (C=O) groups excluding carboxylic acids is 5. The summed E-state index contributed by atoms with van der Waals surface area (Å²) in [5.74, 6) is -2.20. The van der Waals surface area contributed by atoms with Gasteiger partial charge in [0.25, 0.3) is 0 Å². The minimum Gasteiger partial charge on any atom is -0.481 e. The first kappa shape index (κ1) is 36.2. The maximum atomic E-state index is 14.0. The highest BCUT2D eigenvalue weighted by molar-refractivity contribution is 5.93. The number of allylic oxidation sites excluding steroid dienone is 1. The monoisotopic (exact) mass is 671 g/mol. The average Bonchev–Trinajstić information content (AvgIpc) is 3.30. The van der Waals surface area contributed by atoms with Gasteiger partial charge in [-0.15, -0.1) is 0 Å². The van der Waals surface area contributed by atoms with Crippen molar-refractivity contribution in [1.82, 2.24) is 5.32 Å². The molecule has 11 nitrogen and oxygen atoms in total. The SMILES string of the molecule is CC(=O)OC1(C(=O)COC(=O)CCC(=O)NC(CC(=O)O)C2CCOC(C)(C)C2)CCC2C3CCC4=CC(=O)CCC4(C)C3CCC21C. The topological polar surface area (TPSA) is 162 Å². The van der Waals surface area contributed by atoms with Crippen LogP contribution >= 0.6 is 0 Å². The Bertz CT molecular complexity index is 1370. The molecule has 3 saturated carbocycles. The van der Waals surface area contributed by atoms with Crippen LogP contribution in [0.5, 0.6) is 0 Å². The Morgan fingerprint density at radius 2 is 1.71 bits per heavy atom. The van der Waals surface area contributed by atoms with E-state index in [-0.39, 0.29) is 42.3 Å². The zero-order chi connectivity index (χ0) is 35.1. The van der Waals surface area contributed by atoms with E-state index in [0.717, 1.165) is 32.1 Å².